The maximum atomic E-state index is 11.6. The highest BCUT2D eigenvalue weighted by Gasteiger charge is 2.16. The lowest BCUT2D eigenvalue weighted by Gasteiger charge is -2.11. The molecule has 1 unspecified atom stereocenters. The van der Waals surface area contributed by atoms with Crippen LogP contribution in [0.15, 0.2) is 24.3 Å². The number of amides is 1. The average Bonchev–Trinajstić information content (AvgIpc) is 2.48. The van der Waals surface area contributed by atoms with Gasteiger partial charge in [-0.05, 0) is 30.5 Å². The molecule has 0 aliphatic rings. The Morgan fingerprint density at radius 3 is 2.43 bits per heavy atom. The van der Waals surface area contributed by atoms with Crippen molar-refractivity contribution in [2.45, 2.75) is 25.4 Å². The Morgan fingerprint density at radius 1 is 1.24 bits per heavy atom. The van der Waals surface area contributed by atoms with Gasteiger partial charge in [-0.1, -0.05) is 12.1 Å². The summed E-state index contributed by atoms with van der Waals surface area (Å²) in [5.41, 5.74) is 1.13. The molecule has 0 fully saturated rings. The minimum atomic E-state index is -1.09. The van der Waals surface area contributed by atoms with E-state index in [9.17, 15) is 9.59 Å². The first-order valence-corrected chi connectivity index (χ1v) is 6.72. The molecular formula is C15H21NO5. The molecule has 0 aliphatic heterocycles. The fourth-order valence-electron chi connectivity index (χ4n) is 1.81. The van der Waals surface area contributed by atoms with Gasteiger partial charge in [-0.2, -0.15) is 0 Å². The van der Waals surface area contributed by atoms with Gasteiger partial charge in [-0.25, -0.2) is 4.79 Å². The Kier molecular flexibility index (Phi) is 7.25. The lowest BCUT2D eigenvalue weighted by atomic mass is 10.1. The van der Waals surface area contributed by atoms with Crippen LogP contribution in [-0.2, 0) is 20.7 Å². The van der Waals surface area contributed by atoms with Gasteiger partial charge in [0.25, 0.3) is 0 Å². The van der Waals surface area contributed by atoms with Crippen molar-refractivity contribution in [1.82, 2.24) is 5.32 Å². The van der Waals surface area contributed by atoms with E-state index in [0.717, 1.165) is 17.7 Å². The minimum absolute atomic E-state index is 0.0206. The van der Waals surface area contributed by atoms with Gasteiger partial charge in [-0.15, -0.1) is 0 Å². The van der Waals surface area contributed by atoms with Gasteiger partial charge in [0.05, 0.1) is 13.7 Å². The number of carbonyl (C=O) groups excluding carboxylic acids is 1. The van der Waals surface area contributed by atoms with Crippen LogP contribution in [0.25, 0.3) is 0 Å². The second-order valence-corrected chi connectivity index (χ2v) is 4.57. The number of aryl methyl sites for hydroxylation is 1. The first-order chi connectivity index (χ1) is 10.1. The number of hydrogen-bond donors (Lipinski definition) is 2. The first-order valence-electron chi connectivity index (χ1n) is 6.72. The zero-order chi connectivity index (χ0) is 15.7. The van der Waals surface area contributed by atoms with E-state index in [1.165, 1.54) is 7.11 Å². The van der Waals surface area contributed by atoms with Gasteiger partial charge in [0.1, 0.15) is 5.75 Å². The van der Waals surface area contributed by atoms with Gasteiger partial charge >= 0.3 is 5.97 Å². The van der Waals surface area contributed by atoms with Gasteiger partial charge < -0.3 is 19.9 Å². The topological polar surface area (TPSA) is 84.9 Å². The smallest absolute Gasteiger partial charge is 0.334 e. The Balaban J connectivity index is 2.25. The molecule has 6 nitrogen and oxygen atoms in total. The molecule has 1 aromatic rings. The molecule has 6 heteroatoms. The van der Waals surface area contributed by atoms with Crippen molar-refractivity contribution in [2.75, 3.05) is 20.8 Å². The molecule has 0 saturated heterocycles. The van der Waals surface area contributed by atoms with Crippen LogP contribution >= 0.6 is 0 Å². The number of carboxylic acid groups (broad SMARTS) is 1. The van der Waals surface area contributed by atoms with E-state index in [2.05, 4.69) is 5.32 Å². The van der Waals surface area contributed by atoms with Gasteiger partial charge in [0.15, 0.2) is 6.10 Å². The van der Waals surface area contributed by atoms with Gasteiger partial charge in [-0.3, -0.25) is 4.79 Å². The molecule has 0 heterocycles. The molecule has 1 atom stereocenters. The third-order valence-corrected chi connectivity index (χ3v) is 3.07. The van der Waals surface area contributed by atoms with Crippen molar-refractivity contribution in [2.24, 2.45) is 0 Å². The predicted octanol–water partition coefficient (Wildman–Crippen LogP) is 1.23. The van der Waals surface area contributed by atoms with E-state index in [0.29, 0.717) is 12.8 Å². The summed E-state index contributed by atoms with van der Waals surface area (Å²) >= 11 is 0. The Hall–Kier alpha value is -2.08. The van der Waals surface area contributed by atoms with Crippen LogP contribution in [-0.4, -0.2) is 43.9 Å². The van der Waals surface area contributed by atoms with Crippen LogP contribution in [0.2, 0.25) is 0 Å². The van der Waals surface area contributed by atoms with Crippen molar-refractivity contribution in [3.63, 3.8) is 0 Å². The largest absolute Gasteiger partial charge is 0.497 e. The number of nitrogens with one attached hydrogen (secondary N) is 1. The Labute approximate surface area is 124 Å². The number of carboxylic acids is 1. The quantitative estimate of drug-likeness (QED) is 0.716. The molecule has 116 valence electrons. The van der Waals surface area contributed by atoms with Crippen LogP contribution in [0.4, 0.5) is 0 Å². The van der Waals surface area contributed by atoms with E-state index in [4.69, 9.17) is 14.6 Å². The number of ether oxygens (including phenoxy) is 2. The number of rotatable bonds is 9. The highest BCUT2D eigenvalue weighted by atomic mass is 16.5. The predicted molar refractivity (Wildman–Crippen MR) is 77.4 cm³/mol. The third kappa shape index (κ3) is 6.27. The fraction of sp³-hybridized carbons (Fsp3) is 0.467. The molecular weight excluding hydrogens is 274 g/mol. The highest BCUT2D eigenvalue weighted by molar-refractivity contribution is 5.78. The summed E-state index contributed by atoms with van der Waals surface area (Å²) in [6.07, 6.45) is 0.824. The maximum absolute atomic E-state index is 11.6. The van der Waals surface area contributed by atoms with Gasteiger partial charge in [0, 0.05) is 13.5 Å². The summed E-state index contributed by atoms with van der Waals surface area (Å²) < 4.78 is 9.80. The van der Waals surface area contributed by atoms with E-state index in [-0.39, 0.29) is 12.5 Å². The summed E-state index contributed by atoms with van der Waals surface area (Å²) in [5, 5.41) is 11.3. The molecule has 1 aromatic carbocycles. The molecule has 0 aromatic heterocycles. The molecule has 0 bridgehead atoms. The van der Waals surface area contributed by atoms with E-state index >= 15 is 0 Å². The van der Waals surface area contributed by atoms with Crippen molar-refractivity contribution in [3.05, 3.63) is 29.8 Å². The van der Waals surface area contributed by atoms with Crippen LogP contribution in [0, 0.1) is 0 Å². The summed E-state index contributed by atoms with van der Waals surface area (Å²) in [7, 11) is 2.92. The zero-order valence-electron chi connectivity index (χ0n) is 12.3. The second kappa shape index (κ2) is 8.97. The SMILES string of the molecule is COc1ccc(CCCC(=O)NCC(OC)C(=O)O)cc1. The number of methoxy groups -OCH3 is 2. The van der Waals surface area contributed by atoms with E-state index in [1.54, 1.807) is 7.11 Å². The van der Waals surface area contributed by atoms with E-state index < -0.39 is 12.1 Å². The van der Waals surface area contributed by atoms with Crippen LogP contribution in [0.1, 0.15) is 18.4 Å². The first kappa shape index (κ1) is 17.0. The van der Waals surface area contributed by atoms with Crippen molar-refractivity contribution in [3.8, 4) is 5.75 Å². The summed E-state index contributed by atoms with van der Waals surface area (Å²) in [5.74, 6) is -0.460. The normalized spacial score (nSPS) is 11.7. The molecule has 0 spiro atoms. The zero-order valence-corrected chi connectivity index (χ0v) is 12.3. The number of benzene rings is 1. The molecule has 0 aliphatic carbocycles. The summed E-state index contributed by atoms with van der Waals surface area (Å²) in [6, 6.07) is 7.68. The Bertz CT molecular complexity index is 458. The number of hydrogen-bond acceptors (Lipinski definition) is 4. The average molecular weight is 295 g/mol. The summed E-state index contributed by atoms with van der Waals surface area (Å²) in [6.45, 7) is -0.0206. The molecule has 1 amide bonds. The monoisotopic (exact) mass is 295 g/mol. The van der Waals surface area contributed by atoms with Crippen molar-refractivity contribution >= 4 is 11.9 Å². The van der Waals surface area contributed by atoms with Crippen LogP contribution < -0.4 is 10.1 Å². The lowest BCUT2D eigenvalue weighted by Crippen LogP contribution is -2.37. The minimum Gasteiger partial charge on any atom is -0.497 e. The molecule has 2 N–H and O–H groups in total. The number of carbonyl (C=O) groups is 2. The number of aliphatic carboxylic acids is 1. The fourth-order valence-corrected chi connectivity index (χ4v) is 1.81. The van der Waals surface area contributed by atoms with Crippen LogP contribution in [0.5, 0.6) is 5.75 Å². The van der Waals surface area contributed by atoms with Crippen molar-refractivity contribution < 1.29 is 24.2 Å². The maximum Gasteiger partial charge on any atom is 0.334 e. The highest BCUT2D eigenvalue weighted by Crippen LogP contribution is 2.13. The molecule has 1 rings (SSSR count). The Morgan fingerprint density at radius 2 is 1.90 bits per heavy atom. The van der Waals surface area contributed by atoms with Gasteiger partial charge in [0.2, 0.25) is 5.91 Å². The molecule has 21 heavy (non-hydrogen) atoms. The second-order valence-electron chi connectivity index (χ2n) is 4.57. The lowest BCUT2D eigenvalue weighted by molar-refractivity contribution is -0.148. The summed E-state index contributed by atoms with van der Waals surface area (Å²) in [4.78, 5) is 22.3. The molecule has 0 saturated carbocycles. The molecule has 0 radical (unpaired) electrons. The van der Waals surface area contributed by atoms with Crippen LogP contribution in [0.3, 0.4) is 0 Å². The van der Waals surface area contributed by atoms with Crippen molar-refractivity contribution in [1.29, 1.82) is 0 Å². The standard InChI is InChI=1S/C15H21NO5/c1-20-12-8-6-11(7-9-12)4-3-5-14(17)16-10-13(21-2)15(18)19/h6-9,13H,3-5,10H2,1-2H3,(H,16,17)(H,18,19). The van der Waals surface area contributed by atoms with E-state index in [1.807, 2.05) is 24.3 Å². The third-order valence-electron chi connectivity index (χ3n) is 3.07.